The zero-order valence-electron chi connectivity index (χ0n) is 8.30. The Kier molecular flexibility index (Phi) is 2.82. The van der Waals surface area contributed by atoms with Crippen molar-refractivity contribution in [2.75, 3.05) is 0 Å². The van der Waals surface area contributed by atoms with Gasteiger partial charge in [0.05, 0.1) is 11.1 Å². The fourth-order valence-electron chi connectivity index (χ4n) is 1.24. The van der Waals surface area contributed by atoms with E-state index in [2.05, 4.69) is 10.4 Å². The Balaban J connectivity index is 1.91. The molecule has 4 nitrogen and oxygen atoms in total. The maximum absolute atomic E-state index is 11.6. The number of carbonyl (C=O) groups excluding carboxylic acids is 1. The molecule has 1 N–H and O–H groups in total. The summed E-state index contributed by atoms with van der Waals surface area (Å²) in [4.78, 5) is 12.3. The molecule has 2 aromatic heterocycles. The summed E-state index contributed by atoms with van der Waals surface area (Å²) in [5.74, 6) is -0.0335. The van der Waals surface area contributed by atoms with E-state index in [0.717, 1.165) is 10.4 Å². The van der Waals surface area contributed by atoms with Crippen LogP contribution in [0.1, 0.15) is 15.2 Å². The van der Waals surface area contributed by atoms with Crippen LogP contribution in [0.2, 0.25) is 0 Å². The number of hydrogen-bond donors (Lipinski definition) is 1. The summed E-state index contributed by atoms with van der Waals surface area (Å²) < 4.78 is 1.71. The highest BCUT2D eigenvalue weighted by Crippen LogP contribution is 2.08. The van der Waals surface area contributed by atoms with Gasteiger partial charge in [-0.25, -0.2) is 0 Å². The van der Waals surface area contributed by atoms with E-state index in [1.165, 1.54) is 11.3 Å². The van der Waals surface area contributed by atoms with Gasteiger partial charge in [0.1, 0.15) is 0 Å². The quantitative estimate of drug-likeness (QED) is 0.852. The molecule has 0 aliphatic rings. The number of rotatable bonds is 3. The Morgan fingerprint density at radius 1 is 1.67 bits per heavy atom. The molecule has 2 aromatic rings. The summed E-state index contributed by atoms with van der Waals surface area (Å²) in [6.45, 7) is 0.518. The first-order valence-electron chi connectivity index (χ1n) is 4.55. The normalized spacial score (nSPS) is 10.2. The first-order chi connectivity index (χ1) is 7.25. The highest BCUT2D eigenvalue weighted by atomic mass is 32.1. The first-order valence-corrected chi connectivity index (χ1v) is 5.43. The SMILES string of the molecule is Cn1cc(CNC(=O)c2cccs2)cn1. The summed E-state index contributed by atoms with van der Waals surface area (Å²) in [5.41, 5.74) is 1.00. The van der Waals surface area contributed by atoms with Crippen LogP contribution in [0.5, 0.6) is 0 Å². The predicted octanol–water partition coefficient (Wildman–Crippen LogP) is 1.41. The average molecular weight is 221 g/mol. The zero-order chi connectivity index (χ0) is 10.7. The number of aromatic nitrogens is 2. The third-order valence-electron chi connectivity index (χ3n) is 1.96. The predicted molar refractivity (Wildman–Crippen MR) is 58.7 cm³/mol. The summed E-state index contributed by atoms with van der Waals surface area (Å²) in [5, 5.41) is 8.75. The minimum atomic E-state index is -0.0335. The fourth-order valence-corrected chi connectivity index (χ4v) is 1.88. The molecule has 15 heavy (non-hydrogen) atoms. The van der Waals surface area contributed by atoms with E-state index in [0.29, 0.717) is 6.54 Å². The number of amides is 1. The molecule has 0 aromatic carbocycles. The molecular weight excluding hydrogens is 210 g/mol. The van der Waals surface area contributed by atoms with E-state index in [1.807, 2.05) is 30.8 Å². The van der Waals surface area contributed by atoms with Crippen LogP contribution in [0, 0.1) is 0 Å². The lowest BCUT2D eigenvalue weighted by molar-refractivity contribution is 0.0955. The van der Waals surface area contributed by atoms with E-state index >= 15 is 0 Å². The molecule has 78 valence electrons. The van der Waals surface area contributed by atoms with Gasteiger partial charge < -0.3 is 5.32 Å². The highest BCUT2D eigenvalue weighted by molar-refractivity contribution is 7.12. The Hall–Kier alpha value is -1.62. The molecule has 0 radical (unpaired) electrons. The number of aryl methyl sites for hydroxylation is 1. The molecule has 1 amide bonds. The molecular formula is C10H11N3OS. The van der Waals surface area contributed by atoms with Gasteiger partial charge in [-0.3, -0.25) is 9.48 Å². The molecule has 0 atom stereocenters. The summed E-state index contributed by atoms with van der Waals surface area (Å²) >= 11 is 1.44. The molecule has 0 spiro atoms. The van der Waals surface area contributed by atoms with E-state index in [4.69, 9.17) is 0 Å². The van der Waals surface area contributed by atoms with Gasteiger partial charge in [-0.1, -0.05) is 6.07 Å². The van der Waals surface area contributed by atoms with Crippen molar-refractivity contribution >= 4 is 17.2 Å². The first kappa shape index (κ1) is 9.92. The smallest absolute Gasteiger partial charge is 0.261 e. The number of nitrogens with one attached hydrogen (secondary N) is 1. The minimum absolute atomic E-state index is 0.0335. The van der Waals surface area contributed by atoms with Crippen molar-refractivity contribution in [1.29, 1.82) is 0 Å². The van der Waals surface area contributed by atoms with E-state index in [-0.39, 0.29) is 5.91 Å². The number of hydrogen-bond acceptors (Lipinski definition) is 3. The van der Waals surface area contributed by atoms with Crippen LogP contribution in [0.25, 0.3) is 0 Å². The van der Waals surface area contributed by atoms with Crippen LogP contribution >= 0.6 is 11.3 Å². The van der Waals surface area contributed by atoms with Crippen LogP contribution in [0.4, 0.5) is 0 Å². The largest absolute Gasteiger partial charge is 0.347 e. The van der Waals surface area contributed by atoms with Crippen LogP contribution in [0.15, 0.2) is 29.9 Å². The standard InChI is InChI=1S/C10H11N3OS/c1-13-7-8(6-12-13)5-11-10(14)9-3-2-4-15-9/h2-4,6-7H,5H2,1H3,(H,11,14). The van der Waals surface area contributed by atoms with Crippen LogP contribution < -0.4 is 5.32 Å². The lowest BCUT2D eigenvalue weighted by Gasteiger charge is -2.00. The molecule has 0 aliphatic heterocycles. The second-order valence-electron chi connectivity index (χ2n) is 3.18. The second-order valence-corrected chi connectivity index (χ2v) is 4.13. The minimum Gasteiger partial charge on any atom is -0.347 e. The van der Waals surface area contributed by atoms with Crippen LogP contribution in [-0.4, -0.2) is 15.7 Å². The van der Waals surface area contributed by atoms with Gasteiger partial charge in [-0.05, 0) is 11.4 Å². The van der Waals surface area contributed by atoms with Crippen LogP contribution in [0.3, 0.4) is 0 Å². The van der Waals surface area contributed by atoms with Crippen molar-refractivity contribution in [2.24, 2.45) is 7.05 Å². The third-order valence-corrected chi connectivity index (χ3v) is 2.83. The molecule has 0 saturated carbocycles. The van der Waals surface area contributed by atoms with Crippen molar-refractivity contribution in [3.05, 3.63) is 40.3 Å². The van der Waals surface area contributed by atoms with Gasteiger partial charge in [-0.2, -0.15) is 5.10 Å². The van der Waals surface area contributed by atoms with Crippen molar-refractivity contribution in [1.82, 2.24) is 15.1 Å². The van der Waals surface area contributed by atoms with Crippen molar-refractivity contribution < 1.29 is 4.79 Å². The Labute approximate surface area is 91.5 Å². The summed E-state index contributed by atoms with van der Waals surface area (Å²) in [6, 6.07) is 3.67. The second kappa shape index (κ2) is 4.27. The Bertz CT molecular complexity index is 447. The highest BCUT2D eigenvalue weighted by Gasteiger charge is 2.05. The zero-order valence-corrected chi connectivity index (χ0v) is 9.12. The summed E-state index contributed by atoms with van der Waals surface area (Å²) in [7, 11) is 1.85. The van der Waals surface area contributed by atoms with E-state index in [1.54, 1.807) is 10.9 Å². The van der Waals surface area contributed by atoms with E-state index < -0.39 is 0 Å². The van der Waals surface area contributed by atoms with E-state index in [9.17, 15) is 4.79 Å². The maximum atomic E-state index is 11.6. The van der Waals surface area contributed by atoms with Crippen molar-refractivity contribution in [3.8, 4) is 0 Å². The molecule has 0 saturated heterocycles. The third kappa shape index (κ3) is 2.44. The molecule has 0 bridgehead atoms. The lowest BCUT2D eigenvalue weighted by Crippen LogP contribution is -2.21. The van der Waals surface area contributed by atoms with Gasteiger partial charge in [0.2, 0.25) is 0 Å². The monoisotopic (exact) mass is 221 g/mol. The van der Waals surface area contributed by atoms with Gasteiger partial charge in [0.15, 0.2) is 0 Å². The molecule has 2 rings (SSSR count). The molecule has 0 fully saturated rings. The van der Waals surface area contributed by atoms with Gasteiger partial charge in [0.25, 0.3) is 5.91 Å². The number of nitrogens with zero attached hydrogens (tertiary/aromatic N) is 2. The Morgan fingerprint density at radius 2 is 2.53 bits per heavy atom. The lowest BCUT2D eigenvalue weighted by atomic mass is 10.3. The number of thiophene rings is 1. The average Bonchev–Trinajstić information content (AvgIpc) is 2.84. The number of carbonyl (C=O) groups is 1. The molecule has 0 unspecified atom stereocenters. The van der Waals surface area contributed by atoms with Crippen molar-refractivity contribution in [3.63, 3.8) is 0 Å². The fraction of sp³-hybridized carbons (Fsp3) is 0.200. The van der Waals surface area contributed by atoms with Gasteiger partial charge in [-0.15, -0.1) is 11.3 Å². The molecule has 5 heteroatoms. The van der Waals surface area contributed by atoms with Crippen LogP contribution in [-0.2, 0) is 13.6 Å². The summed E-state index contributed by atoms with van der Waals surface area (Å²) in [6.07, 6.45) is 3.63. The maximum Gasteiger partial charge on any atom is 0.261 e. The molecule has 2 heterocycles. The molecule has 0 aliphatic carbocycles. The van der Waals surface area contributed by atoms with Gasteiger partial charge in [0, 0.05) is 25.4 Å². The Morgan fingerprint density at radius 3 is 3.13 bits per heavy atom. The van der Waals surface area contributed by atoms with Crippen molar-refractivity contribution in [2.45, 2.75) is 6.54 Å². The van der Waals surface area contributed by atoms with Gasteiger partial charge >= 0.3 is 0 Å². The topological polar surface area (TPSA) is 46.9 Å².